The molecule has 2 rings (SSSR count). The molecule has 118 valence electrons. The summed E-state index contributed by atoms with van der Waals surface area (Å²) in [6.07, 6.45) is 4.01. The van der Waals surface area contributed by atoms with Crippen LogP contribution in [0.25, 0.3) is 0 Å². The minimum absolute atomic E-state index is 0.553. The van der Waals surface area contributed by atoms with E-state index < -0.39 is 5.60 Å². The van der Waals surface area contributed by atoms with E-state index in [1.165, 1.54) is 0 Å². The molecule has 0 saturated heterocycles. The van der Waals surface area contributed by atoms with Crippen molar-refractivity contribution in [2.75, 3.05) is 13.7 Å². The van der Waals surface area contributed by atoms with Crippen LogP contribution < -0.4 is 10.1 Å². The highest BCUT2D eigenvalue weighted by Gasteiger charge is 2.31. The maximum absolute atomic E-state index is 10.6. The standard InChI is InChI=1S/C16H23Br2NO2/c1-11-3-5-16(20,6-4-11)10-19-9-12-7-13(17)8-14(18)15(12)21-2/h7-8,11,19-20H,3-6,9-10H2,1-2H3. The fourth-order valence-electron chi connectivity index (χ4n) is 2.88. The van der Waals surface area contributed by atoms with Crippen LogP contribution in [0.5, 0.6) is 5.75 Å². The van der Waals surface area contributed by atoms with Crippen molar-refractivity contribution in [3.8, 4) is 5.75 Å². The lowest BCUT2D eigenvalue weighted by atomic mass is 9.79. The Kier molecular flexibility index (Phi) is 6.12. The van der Waals surface area contributed by atoms with Crippen molar-refractivity contribution in [2.24, 2.45) is 5.92 Å². The Hall–Kier alpha value is -0.100. The van der Waals surface area contributed by atoms with Gasteiger partial charge in [0.25, 0.3) is 0 Å². The Bertz CT molecular complexity index is 485. The quantitative estimate of drug-likeness (QED) is 0.747. The number of aliphatic hydroxyl groups is 1. The molecule has 1 aromatic rings. The molecule has 2 N–H and O–H groups in total. The topological polar surface area (TPSA) is 41.5 Å². The van der Waals surface area contributed by atoms with Gasteiger partial charge in [-0.2, -0.15) is 0 Å². The first-order valence-corrected chi connectivity index (χ1v) is 8.97. The number of hydrogen-bond donors (Lipinski definition) is 2. The van der Waals surface area contributed by atoms with Crippen molar-refractivity contribution in [1.29, 1.82) is 0 Å². The van der Waals surface area contributed by atoms with Crippen LogP contribution >= 0.6 is 31.9 Å². The van der Waals surface area contributed by atoms with Gasteiger partial charge in [-0.05, 0) is 59.7 Å². The van der Waals surface area contributed by atoms with Crippen LogP contribution in [0.4, 0.5) is 0 Å². The first kappa shape index (κ1) is 17.3. The highest BCUT2D eigenvalue weighted by atomic mass is 79.9. The van der Waals surface area contributed by atoms with Crippen molar-refractivity contribution in [2.45, 2.75) is 44.8 Å². The highest BCUT2D eigenvalue weighted by molar-refractivity contribution is 9.11. The van der Waals surface area contributed by atoms with Gasteiger partial charge >= 0.3 is 0 Å². The number of hydrogen-bond acceptors (Lipinski definition) is 3. The number of benzene rings is 1. The molecule has 0 amide bonds. The average molecular weight is 421 g/mol. The smallest absolute Gasteiger partial charge is 0.137 e. The van der Waals surface area contributed by atoms with Gasteiger partial charge in [-0.25, -0.2) is 0 Å². The van der Waals surface area contributed by atoms with Gasteiger partial charge in [0.05, 0.1) is 17.2 Å². The molecule has 0 aromatic heterocycles. The van der Waals surface area contributed by atoms with Crippen LogP contribution in [0.3, 0.4) is 0 Å². The number of nitrogens with one attached hydrogen (secondary N) is 1. The molecule has 21 heavy (non-hydrogen) atoms. The van der Waals surface area contributed by atoms with Gasteiger partial charge in [-0.15, -0.1) is 0 Å². The SMILES string of the molecule is COc1c(Br)cc(Br)cc1CNCC1(O)CCC(C)CC1. The lowest BCUT2D eigenvalue weighted by Crippen LogP contribution is -2.43. The summed E-state index contributed by atoms with van der Waals surface area (Å²) in [5.41, 5.74) is 0.523. The number of ether oxygens (including phenoxy) is 1. The summed E-state index contributed by atoms with van der Waals surface area (Å²) in [6, 6.07) is 4.02. The minimum atomic E-state index is -0.553. The molecule has 5 heteroatoms. The first-order valence-electron chi connectivity index (χ1n) is 7.38. The zero-order valence-electron chi connectivity index (χ0n) is 12.6. The van der Waals surface area contributed by atoms with Gasteiger partial charge < -0.3 is 15.2 Å². The Labute approximate surface area is 143 Å². The second-order valence-corrected chi connectivity index (χ2v) is 7.86. The van der Waals surface area contributed by atoms with E-state index in [1.807, 2.05) is 12.1 Å². The van der Waals surface area contributed by atoms with Crippen LogP contribution in [0.1, 0.15) is 38.2 Å². The average Bonchev–Trinajstić information content (AvgIpc) is 2.42. The van der Waals surface area contributed by atoms with E-state index in [0.29, 0.717) is 13.1 Å². The monoisotopic (exact) mass is 419 g/mol. The molecule has 1 aliphatic rings. The predicted molar refractivity (Wildman–Crippen MR) is 92.7 cm³/mol. The molecule has 1 saturated carbocycles. The zero-order chi connectivity index (χ0) is 15.5. The normalized spacial score (nSPS) is 25.9. The van der Waals surface area contributed by atoms with Crippen molar-refractivity contribution >= 4 is 31.9 Å². The zero-order valence-corrected chi connectivity index (χ0v) is 15.8. The van der Waals surface area contributed by atoms with E-state index >= 15 is 0 Å². The van der Waals surface area contributed by atoms with Gasteiger partial charge in [0.1, 0.15) is 5.75 Å². The molecule has 0 bridgehead atoms. The fraction of sp³-hybridized carbons (Fsp3) is 0.625. The number of halogens is 2. The van der Waals surface area contributed by atoms with E-state index in [4.69, 9.17) is 4.74 Å². The highest BCUT2D eigenvalue weighted by Crippen LogP contribution is 2.33. The van der Waals surface area contributed by atoms with Crippen molar-refractivity contribution in [3.63, 3.8) is 0 Å². The molecule has 0 spiro atoms. The summed E-state index contributed by atoms with van der Waals surface area (Å²) in [4.78, 5) is 0. The lowest BCUT2D eigenvalue weighted by molar-refractivity contribution is -0.00633. The molecule has 0 aliphatic heterocycles. The summed E-state index contributed by atoms with van der Waals surface area (Å²) in [5, 5.41) is 14.0. The van der Waals surface area contributed by atoms with Gasteiger partial charge in [-0.3, -0.25) is 0 Å². The van der Waals surface area contributed by atoms with Crippen molar-refractivity contribution < 1.29 is 9.84 Å². The molecular weight excluding hydrogens is 398 g/mol. The van der Waals surface area contributed by atoms with E-state index in [9.17, 15) is 5.11 Å². The van der Waals surface area contributed by atoms with Crippen LogP contribution in [-0.2, 0) is 6.54 Å². The third-order valence-electron chi connectivity index (χ3n) is 4.26. The molecule has 0 heterocycles. The van der Waals surface area contributed by atoms with E-state index in [-0.39, 0.29) is 0 Å². The first-order chi connectivity index (χ1) is 9.93. The van der Waals surface area contributed by atoms with Crippen molar-refractivity contribution in [1.82, 2.24) is 5.32 Å². The summed E-state index contributed by atoms with van der Waals surface area (Å²) in [6.45, 7) is 3.57. The lowest BCUT2D eigenvalue weighted by Gasteiger charge is -2.35. The molecule has 1 aliphatic carbocycles. The van der Waals surface area contributed by atoms with Gasteiger partial charge in [0, 0.05) is 23.1 Å². The van der Waals surface area contributed by atoms with E-state index in [2.05, 4.69) is 44.1 Å². The largest absolute Gasteiger partial charge is 0.495 e. The molecule has 0 unspecified atom stereocenters. The number of methoxy groups -OCH3 is 1. The second kappa shape index (κ2) is 7.44. The summed E-state index contributed by atoms with van der Waals surface area (Å²) >= 11 is 7.01. The summed E-state index contributed by atoms with van der Waals surface area (Å²) in [5.74, 6) is 1.58. The maximum atomic E-state index is 10.6. The Balaban J connectivity index is 1.94. The Morgan fingerprint density at radius 2 is 2.00 bits per heavy atom. The second-order valence-electron chi connectivity index (χ2n) is 6.09. The van der Waals surface area contributed by atoms with Gasteiger partial charge in [0.15, 0.2) is 0 Å². The molecular formula is C16H23Br2NO2. The maximum Gasteiger partial charge on any atom is 0.137 e. The minimum Gasteiger partial charge on any atom is -0.495 e. The van der Waals surface area contributed by atoms with Crippen LogP contribution in [0.15, 0.2) is 21.1 Å². The van der Waals surface area contributed by atoms with E-state index in [1.54, 1.807) is 7.11 Å². The fourth-order valence-corrected chi connectivity index (χ4v) is 4.36. The van der Waals surface area contributed by atoms with Gasteiger partial charge in [-0.1, -0.05) is 22.9 Å². The summed E-state index contributed by atoms with van der Waals surface area (Å²) in [7, 11) is 1.67. The van der Waals surface area contributed by atoms with Crippen molar-refractivity contribution in [3.05, 3.63) is 26.6 Å². The Morgan fingerprint density at radius 3 is 2.62 bits per heavy atom. The molecule has 1 aromatic carbocycles. The summed E-state index contributed by atoms with van der Waals surface area (Å²) < 4.78 is 7.39. The molecule has 1 fully saturated rings. The number of rotatable bonds is 5. The molecule has 3 nitrogen and oxygen atoms in total. The van der Waals surface area contributed by atoms with E-state index in [0.717, 1.165) is 51.9 Å². The molecule has 0 atom stereocenters. The third-order valence-corrected chi connectivity index (χ3v) is 5.31. The predicted octanol–water partition coefficient (Wildman–Crippen LogP) is 4.25. The van der Waals surface area contributed by atoms with Crippen LogP contribution in [0, 0.1) is 5.92 Å². The van der Waals surface area contributed by atoms with Gasteiger partial charge in [0.2, 0.25) is 0 Å². The molecule has 0 radical (unpaired) electrons. The van der Waals surface area contributed by atoms with Crippen LogP contribution in [0.2, 0.25) is 0 Å². The Morgan fingerprint density at radius 1 is 1.33 bits per heavy atom. The van der Waals surface area contributed by atoms with Crippen LogP contribution in [-0.4, -0.2) is 24.4 Å². The third kappa shape index (κ3) is 4.68.